The minimum Gasteiger partial charge on any atom is -0.149 e. The van der Waals surface area contributed by atoms with Crippen LogP contribution in [0.1, 0.15) is 36.3 Å². The topological polar surface area (TPSA) is 0 Å². The number of thioether (sulfide) groups is 1. The van der Waals surface area contributed by atoms with Gasteiger partial charge in [-0.15, -0.1) is 29.7 Å². The average Bonchev–Trinajstić information content (AvgIpc) is 2.71. The van der Waals surface area contributed by atoms with E-state index in [2.05, 4.69) is 24.9 Å². The van der Waals surface area contributed by atoms with Crippen LogP contribution < -0.4 is 0 Å². The van der Waals surface area contributed by atoms with E-state index in [4.69, 9.17) is 0 Å². The maximum atomic E-state index is 3.89. The first-order chi connectivity index (χ1) is 6.88. The van der Waals surface area contributed by atoms with Crippen molar-refractivity contribution in [3.8, 4) is 0 Å². The zero-order chi connectivity index (χ0) is 10.2. The van der Waals surface area contributed by atoms with Gasteiger partial charge in [-0.05, 0) is 24.3 Å². The van der Waals surface area contributed by atoms with Crippen molar-refractivity contribution in [2.24, 2.45) is 0 Å². The zero-order valence-corrected chi connectivity index (χ0v) is 10.3. The molecule has 1 unspecified atom stereocenters. The van der Waals surface area contributed by atoms with Crippen molar-refractivity contribution in [2.45, 2.75) is 31.4 Å². The third-order valence-corrected chi connectivity index (χ3v) is 4.39. The first kappa shape index (κ1) is 11.9. The molecule has 1 heterocycles. The van der Waals surface area contributed by atoms with E-state index < -0.39 is 0 Å². The molecule has 1 atom stereocenters. The Balaban J connectivity index is 2.29. The molecule has 0 fully saturated rings. The van der Waals surface area contributed by atoms with Crippen LogP contribution in [0.2, 0.25) is 0 Å². The summed E-state index contributed by atoms with van der Waals surface area (Å²) in [5, 5.41) is 3.60. The number of unbranched alkanes of at least 4 members (excludes halogenated alkanes) is 2. The van der Waals surface area contributed by atoms with Crippen molar-refractivity contribution in [3.05, 3.63) is 35.0 Å². The lowest BCUT2D eigenvalue weighted by Gasteiger charge is -2.09. The molecule has 0 aliphatic carbocycles. The summed E-state index contributed by atoms with van der Waals surface area (Å²) in [6, 6.07) is 4.13. The molecule has 1 aromatic rings. The predicted octanol–water partition coefficient (Wildman–Crippen LogP) is 4.70. The van der Waals surface area contributed by atoms with Gasteiger partial charge in [-0.1, -0.05) is 25.8 Å². The van der Waals surface area contributed by atoms with E-state index in [0.717, 1.165) is 0 Å². The van der Waals surface area contributed by atoms with Gasteiger partial charge in [0.15, 0.2) is 0 Å². The standard InChI is InChI=1S/C12H17S2/c1-3-5-6-9-13-11(4-2)12-8-7-10-14-12/h4,7-8,11H,2-3,5-6,9H2,1H3. The van der Waals surface area contributed by atoms with Gasteiger partial charge in [-0.2, -0.15) is 0 Å². The van der Waals surface area contributed by atoms with Crippen molar-refractivity contribution in [3.63, 3.8) is 0 Å². The molecule has 0 aliphatic heterocycles. The number of hydrogen-bond donors (Lipinski definition) is 0. The molecule has 0 spiro atoms. The number of rotatable bonds is 7. The second-order valence-electron chi connectivity index (χ2n) is 3.19. The third kappa shape index (κ3) is 3.89. The Morgan fingerprint density at radius 3 is 3.07 bits per heavy atom. The maximum Gasteiger partial charge on any atom is 0.0568 e. The lowest BCUT2D eigenvalue weighted by atomic mass is 10.3. The van der Waals surface area contributed by atoms with Crippen LogP contribution in [0.4, 0.5) is 0 Å². The van der Waals surface area contributed by atoms with Gasteiger partial charge >= 0.3 is 0 Å². The summed E-state index contributed by atoms with van der Waals surface area (Å²) in [5.41, 5.74) is 0. The lowest BCUT2D eigenvalue weighted by molar-refractivity contribution is 0.778. The van der Waals surface area contributed by atoms with Crippen LogP contribution in [0, 0.1) is 5.38 Å². The highest BCUT2D eigenvalue weighted by molar-refractivity contribution is 7.99. The van der Waals surface area contributed by atoms with Crippen molar-refractivity contribution < 1.29 is 0 Å². The van der Waals surface area contributed by atoms with Gasteiger partial charge in [0.05, 0.1) is 5.25 Å². The summed E-state index contributed by atoms with van der Waals surface area (Å²) in [7, 11) is 0. The molecule has 1 rings (SSSR count). The van der Waals surface area contributed by atoms with Crippen LogP contribution >= 0.6 is 23.1 Å². The summed E-state index contributed by atoms with van der Waals surface area (Å²) < 4.78 is 0. The van der Waals surface area contributed by atoms with Crippen molar-refractivity contribution in [1.29, 1.82) is 0 Å². The Morgan fingerprint density at radius 2 is 2.50 bits per heavy atom. The van der Waals surface area contributed by atoms with Gasteiger partial charge in [0.25, 0.3) is 0 Å². The monoisotopic (exact) mass is 225 g/mol. The Kier molecular flexibility index (Phi) is 6.04. The molecule has 0 amide bonds. The van der Waals surface area contributed by atoms with Crippen LogP contribution in [0.5, 0.6) is 0 Å². The Labute approximate surface area is 95.4 Å². The Bertz CT molecular complexity index is 239. The van der Waals surface area contributed by atoms with E-state index in [1.165, 1.54) is 29.9 Å². The molecule has 14 heavy (non-hydrogen) atoms. The summed E-state index contributed by atoms with van der Waals surface area (Å²) in [6.07, 6.45) is 6.00. The number of thiophene rings is 1. The molecule has 0 aromatic carbocycles. The molecule has 2 heteroatoms. The van der Waals surface area contributed by atoms with Crippen LogP contribution in [0.15, 0.2) is 24.8 Å². The Morgan fingerprint density at radius 1 is 1.64 bits per heavy atom. The van der Waals surface area contributed by atoms with E-state index in [0.29, 0.717) is 5.25 Å². The maximum absolute atomic E-state index is 3.89. The normalized spacial score (nSPS) is 12.6. The quantitative estimate of drug-likeness (QED) is 0.479. The van der Waals surface area contributed by atoms with E-state index in [9.17, 15) is 0 Å². The van der Waals surface area contributed by atoms with Crippen LogP contribution in [0.25, 0.3) is 0 Å². The van der Waals surface area contributed by atoms with E-state index >= 15 is 0 Å². The SMILES string of the molecule is C=CC(SCCCCC)c1cc[c]s1. The van der Waals surface area contributed by atoms with Crippen LogP contribution in [-0.2, 0) is 0 Å². The first-order valence-electron chi connectivity index (χ1n) is 5.08. The van der Waals surface area contributed by atoms with E-state index in [1.807, 2.05) is 23.9 Å². The molecule has 1 radical (unpaired) electrons. The number of hydrogen-bond acceptors (Lipinski definition) is 2. The molecule has 77 valence electrons. The van der Waals surface area contributed by atoms with Gasteiger partial charge < -0.3 is 0 Å². The fourth-order valence-electron chi connectivity index (χ4n) is 1.23. The smallest absolute Gasteiger partial charge is 0.0568 e. The summed E-state index contributed by atoms with van der Waals surface area (Å²) in [5.74, 6) is 1.24. The second-order valence-corrected chi connectivity index (χ2v) is 5.35. The molecule has 0 nitrogen and oxygen atoms in total. The van der Waals surface area contributed by atoms with Crippen molar-refractivity contribution >= 4 is 23.1 Å². The lowest BCUT2D eigenvalue weighted by Crippen LogP contribution is -1.88. The fraction of sp³-hybridized carbons (Fsp3) is 0.500. The largest absolute Gasteiger partial charge is 0.149 e. The average molecular weight is 225 g/mol. The predicted molar refractivity (Wildman–Crippen MR) is 68.1 cm³/mol. The minimum absolute atomic E-state index is 0.475. The van der Waals surface area contributed by atoms with Crippen LogP contribution in [0.3, 0.4) is 0 Å². The van der Waals surface area contributed by atoms with E-state index in [-0.39, 0.29) is 0 Å². The van der Waals surface area contributed by atoms with Crippen LogP contribution in [-0.4, -0.2) is 5.75 Å². The van der Waals surface area contributed by atoms with Gasteiger partial charge in [-0.25, -0.2) is 0 Å². The molecular formula is C12H17S2. The molecule has 0 saturated heterocycles. The Hall–Kier alpha value is -0.210. The first-order valence-corrected chi connectivity index (χ1v) is 6.95. The van der Waals surface area contributed by atoms with Gasteiger partial charge in [0.2, 0.25) is 0 Å². The molecule has 0 N–H and O–H groups in total. The summed E-state index contributed by atoms with van der Waals surface area (Å²) >= 11 is 3.69. The molecule has 0 bridgehead atoms. The molecule has 0 aliphatic rings. The highest BCUT2D eigenvalue weighted by Gasteiger charge is 2.07. The van der Waals surface area contributed by atoms with Gasteiger partial charge in [0, 0.05) is 10.3 Å². The molecule has 1 aromatic heterocycles. The second kappa shape index (κ2) is 7.13. The van der Waals surface area contributed by atoms with Crippen molar-refractivity contribution in [2.75, 3.05) is 5.75 Å². The van der Waals surface area contributed by atoms with Gasteiger partial charge in [-0.3, -0.25) is 0 Å². The van der Waals surface area contributed by atoms with Crippen molar-refractivity contribution in [1.82, 2.24) is 0 Å². The summed E-state index contributed by atoms with van der Waals surface area (Å²) in [6.45, 7) is 6.13. The van der Waals surface area contributed by atoms with Gasteiger partial charge in [0.1, 0.15) is 0 Å². The highest BCUT2D eigenvalue weighted by Crippen LogP contribution is 2.33. The van der Waals surface area contributed by atoms with E-state index in [1.54, 1.807) is 11.3 Å². The third-order valence-electron chi connectivity index (χ3n) is 2.03. The minimum atomic E-state index is 0.475. The summed E-state index contributed by atoms with van der Waals surface area (Å²) in [4.78, 5) is 1.38. The molecule has 0 saturated carbocycles. The fourth-order valence-corrected chi connectivity index (χ4v) is 3.21. The highest BCUT2D eigenvalue weighted by atomic mass is 32.2. The molecular weight excluding hydrogens is 208 g/mol. The zero-order valence-electron chi connectivity index (χ0n) is 8.66.